The smallest absolute Gasteiger partial charge is 0.273 e. The largest absolute Gasteiger partial charge is 0.374 e. The van der Waals surface area contributed by atoms with Crippen molar-refractivity contribution in [2.75, 3.05) is 32.8 Å². The van der Waals surface area contributed by atoms with Crippen LogP contribution in [0.25, 0.3) is 11.3 Å². The van der Waals surface area contributed by atoms with Gasteiger partial charge in [0.15, 0.2) is 11.5 Å². The lowest BCUT2D eigenvalue weighted by Crippen LogP contribution is -2.48. The van der Waals surface area contributed by atoms with Gasteiger partial charge in [0, 0.05) is 50.2 Å². The number of carbonyl (C=O) groups excluding carboxylic acids is 1. The molecule has 0 unspecified atom stereocenters. The second kappa shape index (κ2) is 8.22. The van der Waals surface area contributed by atoms with E-state index in [9.17, 15) is 4.79 Å². The van der Waals surface area contributed by atoms with Crippen LogP contribution in [0.15, 0.2) is 35.1 Å². The Morgan fingerprint density at radius 2 is 2.36 bits per heavy atom. The zero-order valence-corrected chi connectivity index (χ0v) is 14.6. The molecule has 0 saturated carbocycles. The van der Waals surface area contributed by atoms with Crippen molar-refractivity contribution in [2.45, 2.75) is 20.0 Å². The highest BCUT2D eigenvalue weighted by molar-refractivity contribution is 5.93. The van der Waals surface area contributed by atoms with Gasteiger partial charge in [0.2, 0.25) is 0 Å². The summed E-state index contributed by atoms with van der Waals surface area (Å²) >= 11 is 0. The van der Waals surface area contributed by atoms with Crippen LogP contribution in [0.5, 0.6) is 0 Å². The van der Waals surface area contributed by atoms with Gasteiger partial charge in [0.25, 0.3) is 5.91 Å². The predicted molar refractivity (Wildman–Crippen MR) is 93.1 cm³/mol. The summed E-state index contributed by atoms with van der Waals surface area (Å²) < 4.78 is 11.0. The molecule has 1 fully saturated rings. The average Bonchev–Trinajstić information content (AvgIpc) is 3.10. The van der Waals surface area contributed by atoms with Crippen molar-refractivity contribution in [1.29, 1.82) is 0 Å². The molecule has 0 spiro atoms. The van der Waals surface area contributed by atoms with Gasteiger partial charge in [-0.25, -0.2) is 0 Å². The molecule has 0 aliphatic carbocycles. The van der Waals surface area contributed by atoms with Crippen molar-refractivity contribution >= 4 is 5.91 Å². The first-order chi connectivity index (χ1) is 12.1. The topological polar surface area (TPSA) is 80.5 Å². The third kappa shape index (κ3) is 4.87. The quantitative estimate of drug-likeness (QED) is 0.861. The number of amides is 1. The number of nitrogens with zero attached hydrogens (tertiary/aromatic N) is 3. The van der Waals surface area contributed by atoms with E-state index in [1.54, 1.807) is 24.5 Å². The van der Waals surface area contributed by atoms with Gasteiger partial charge in [0.05, 0.1) is 12.7 Å². The Balaban J connectivity index is 1.52. The Morgan fingerprint density at radius 1 is 1.48 bits per heavy atom. The first-order valence-electron chi connectivity index (χ1n) is 8.61. The number of nitrogens with one attached hydrogen (secondary N) is 1. The van der Waals surface area contributed by atoms with Crippen LogP contribution in [0.2, 0.25) is 0 Å². The van der Waals surface area contributed by atoms with Crippen LogP contribution >= 0.6 is 0 Å². The third-order valence-electron chi connectivity index (χ3n) is 4.03. The van der Waals surface area contributed by atoms with Crippen LogP contribution in [0.4, 0.5) is 0 Å². The standard InChI is InChI=1S/C18H24N4O3/c1-13(2)11-22-6-7-24-15(12-22)10-20-18(23)16-8-17(25-21-16)14-4-3-5-19-9-14/h3-5,8-9,13,15H,6-7,10-12H2,1-2H3,(H,20,23)/t15-/m1/s1. The highest BCUT2D eigenvalue weighted by Gasteiger charge is 2.22. The summed E-state index contributed by atoms with van der Waals surface area (Å²) in [4.78, 5) is 18.7. The summed E-state index contributed by atoms with van der Waals surface area (Å²) in [6.45, 7) is 8.39. The van der Waals surface area contributed by atoms with Crippen molar-refractivity contribution in [1.82, 2.24) is 20.4 Å². The normalized spacial score (nSPS) is 18.4. The minimum Gasteiger partial charge on any atom is -0.374 e. The fourth-order valence-corrected chi connectivity index (χ4v) is 2.91. The number of hydrogen-bond acceptors (Lipinski definition) is 6. The van der Waals surface area contributed by atoms with Gasteiger partial charge in [-0.15, -0.1) is 0 Å². The number of pyridine rings is 1. The Labute approximate surface area is 147 Å². The molecule has 25 heavy (non-hydrogen) atoms. The maximum Gasteiger partial charge on any atom is 0.273 e. The van der Waals surface area contributed by atoms with Crippen LogP contribution in [0, 0.1) is 5.92 Å². The van der Waals surface area contributed by atoms with Crippen molar-refractivity contribution in [3.05, 3.63) is 36.3 Å². The summed E-state index contributed by atoms with van der Waals surface area (Å²) in [5, 5.41) is 6.72. The lowest BCUT2D eigenvalue weighted by molar-refractivity contribution is -0.0296. The van der Waals surface area contributed by atoms with E-state index in [-0.39, 0.29) is 17.7 Å². The number of hydrogen-bond donors (Lipinski definition) is 1. The van der Waals surface area contributed by atoms with Gasteiger partial charge >= 0.3 is 0 Å². The molecular formula is C18H24N4O3. The van der Waals surface area contributed by atoms with Crippen molar-refractivity contribution in [2.24, 2.45) is 5.92 Å². The zero-order valence-electron chi connectivity index (χ0n) is 14.6. The molecule has 0 bridgehead atoms. The maximum absolute atomic E-state index is 12.3. The van der Waals surface area contributed by atoms with E-state index in [4.69, 9.17) is 9.26 Å². The summed E-state index contributed by atoms with van der Waals surface area (Å²) in [5.74, 6) is 0.883. The molecule has 7 heteroatoms. The molecule has 1 saturated heterocycles. The number of rotatable bonds is 6. The van der Waals surface area contributed by atoms with Crippen molar-refractivity contribution < 1.29 is 14.1 Å². The van der Waals surface area contributed by atoms with Gasteiger partial charge < -0.3 is 14.6 Å². The SMILES string of the molecule is CC(C)CN1CCO[C@H](CNC(=O)c2cc(-c3cccnc3)on2)C1. The Hall–Kier alpha value is -2.25. The monoisotopic (exact) mass is 344 g/mol. The van der Waals surface area contributed by atoms with Crippen LogP contribution in [-0.4, -0.2) is 59.8 Å². The second-order valence-corrected chi connectivity index (χ2v) is 6.67. The van der Waals surface area contributed by atoms with Gasteiger partial charge in [-0.2, -0.15) is 0 Å². The van der Waals surface area contributed by atoms with E-state index in [1.807, 2.05) is 6.07 Å². The number of carbonyl (C=O) groups is 1. The molecule has 3 heterocycles. The van der Waals surface area contributed by atoms with Gasteiger partial charge in [-0.1, -0.05) is 19.0 Å². The Kier molecular flexibility index (Phi) is 5.78. The average molecular weight is 344 g/mol. The Bertz CT molecular complexity index is 687. The molecule has 1 atom stereocenters. The molecule has 1 aliphatic heterocycles. The highest BCUT2D eigenvalue weighted by Crippen LogP contribution is 2.18. The van der Waals surface area contributed by atoms with Crippen LogP contribution < -0.4 is 5.32 Å². The molecule has 1 aliphatic rings. The number of ether oxygens (including phenoxy) is 1. The third-order valence-corrected chi connectivity index (χ3v) is 4.03. The van der Waals surface area contributed by atoms with Gasteiger partial charge in [0.1, 0.15) is 0 Å². The van der Waals surface area contributed by atoms with E-state index in [0.29, 0.717) is 24.8 Å². The minimum absolute atomic E-state index is 0.00106. The highest BCUT2D eigenvalue weighted by atomic mass is 16.5. The molecule has 0 radical (unpaired) electrons. The summed E-state index contributed by atoms with van der Waals surface area (Å²) in [6.07, 6.45) is 3.35. The molecule has 0 aromatic carbocycles. The lowest BCUT2D eigenvalue weighted by atomic mass is 10.2. The Morgan fingerprint density at radius 3 is 3.12 bits per heavy atom. The van der Waals surface area contributed by atoms with E-state index in [0.717, 1.165) is 25.2 Å². The van der Waals surface area contributed by atoms with Crippen molar-refractivity contribution in [3.8, 4) is 11.3 Å². The van der Waals surface area contributed by atoms with E-state index >= 15 is 0 Å². The van der Waals surface area contributed by atoms with Crippen LogP contribution in [-0.2, 0) is 4.74 Å². The maximum atomic E-state index is 12.3. The fraction of sp³-hybridized carbons (Fsp3) is 0.500. The fourth-order valence-electron chi connectivity index (χ4n) is 2.91. The predicted octanol–water partition coefficient (Wildman–Crippen LogP) is 1.82. The minimum atomic E-state index is -0.261. The molecule has 7 nitrogen and oxygen atoms in total. The summed E-state index contributed by atoms with van der Waals surface area (Å²) in [5.41, 5.74) is 1.04. The molecule has 1 amide bonds. The zero-order chi connectivity index (χ0) is 17.6. The van der Waals surface area contributed by atoms with E-state index in [2.05, 4.69) is 34.2 Å². The number of morpholine rings is 1. The molecule has 134 valence electrons. The summed E-state index contributed by atoms with van der Waals surface area (Å²) in [6, 6.07) is 5.29. The first-order valence-corrected chi connectivity index (χ1v) is 8.61. The van der Waals surface area contributed by atoms with Crippen molar-refractivity contribution in [3.63, 3.8) is 0 Å². The number of aromatic nitrogens is 2. The van der Waals surface area contributed by atoms with Crippen LogP contribution in [0.1, 0.15) is 24.3 Å². The van der Waals surface area contributed by atoms with Gasteiger partial charge in [-0.3, -0.25) is 14.7 Å². The molecule has 2 aromatic heterocycles. The second-order valence-electron chi connectivity index (χ2n) is 6.67. The lowest BCUT2D eigenvalue weighted by Gasteiger charge is -2.33. The molecule has 3 rings (SSSR count). The molecule has 2 aromatic rings. The van der Waals surface area contributed by atoms with Gasteiger partial charge in [-0.05, 0) is 18.1 Å². The van der Waals surface area contributed by atoms with E-state index < -0.39 is 0 Å². The first kappa shape index (κ1) is 17.6. The molecular weight excluding hydrogens is 320 g/mol. The molecule has 1 N–H and O–H groups in total. The summed E-state index contributed by atoms with van der Waals surface area (Å²) in [7, 11) is 0. The van der Waals surface area contributed by atoms with E-state index in [1.165, 1.54) is 0 Å². The van der Waals surface area contributed by atoms with Crippen LogP contribution in [0.3, 0.4) is 0 Å².